The van der Waals surface area contributed by atoms with Crippen LogP contribution in [0.2, 0.25) is 0 Å². The van der Waals surface area contributed by atoms with Gasteiger partial charge in [-0.2, -0.15) is 0 Å². The van der Waals surface area contributed by atoms with Crippen molar-refractivity contribution in [3.05, 3.63) is 77.9 Å². The van der Waals surface area contributed by atoms with Gasteiger partial charge in [0.25, 0.3) is 5.91 Å². The number of benzene rings is 3. The van der Waals surface area contributed by atoms with Gasteiger partial charge in [-0.1, -0.05) is 30.3 Å². The minimum Gasteiger partial charge on any atom is -0.490 e. The maximum atomic E-state index is 13.4. The molecule has 2 N–H and O–H groups in total. The van der Waals surface area contributed by atoms with Crippen molar-refractivity contribution in [2.45, 2.75) is 13.8 Å². The Labute approximate surface area is 236 Å². The third-order valence-corrected chi connectivity index (χ3v) is 7.51. The Balaban J connectivity index is 1.77. The Morgan fingerprint density at radius 3 is 2.10 bits per heavy atom. The van der Waals surface area contributed by atoms with E-state index in [0.717, 1.165) is 5.56 Å². The van der Waals surface area contributed by atoms with Crippen LogP contribution >= 0.6 is 0 Å². The number of amides is 1. The lowest BCUT2D eigenvalue weighted by Gasteiger charge is -2.24. The molecule has 0 saturated carbocycles. The van der Waals surface area contributed by atoms with Gasteiger partial charge < -0.3 is 25.0 Å². The van der Waals surface area contributed by atoms with Crippen LogP contribution in [-0.4, -0.2) is 65.9 Å². The van der Waals surface area contributed by atoms with E-state index in [0.29, 0.717) is 71.7 Å². The molecular weight excluding hydrogens is 528 g/mol. The molecule has 1 aliphatic heterocycles. The Hall–Kier alpha value is -4.02. The van der Waals surface area contributed by atoms with Crippen LogP contribution < -0.4 is 24.4 Å². The number of anilines is 3. The van der Waals surface area contributed by atoms with E-state index in [1.54, 1.807) is 18.2 Å². The van der Waals surface area contributed by atoms with Crippen LogP contribution in [0.25, 0.3) is 11.3 Å². The molecule has 40 heavy (non-hydrogen) atoms. The topological polar surface area (TPSA) is 100 Å². The van der Waals surface area contributed by atoms with Gasteiger partial charge in [0, 0.05) is 30.4 Å². The van der Waals surface area contributed by atoms with E-state index in [4.69, 9.17) is 9.47 Å². The highest BCUT2D eigenvalue weighted by atomic mass is 32.2. The fourth-order valence-electron chi connectivity index (χ4n) is 4.48. The second-order valence-electron chi connectivity index (χ2n) is 9.59. The number of nitrogens with one attached hydrogen (secondary N) is 2. The first-order valence-corrected chi connectivity index (χ1v) is 15.0. The Bertz CT molecular complexity index is 1490. The van der Waals surface area contributed by atoms with Crippen molar-refractivity contribution in [3.8, 4) is 11.5 Å². The lowest BCUT2D eigenvalue weighted by molar-refractivity contribution is -0.110. The van der Waals surface area contributed by atoms with E-state index >= 15 is 0 Å². The average molecular weight is 565 g/mol. The molecular formula is C30H36N4O5S. The van der Waals surface area contributed by atoms with Crippen LogP contribution in [0.3, 0.4) is 0 Å². The zero-order valence-corrected chi connectivity index (χ0v) is 24.3. The summed E-state index contributed by atoms with van der Waals surface area (Å²) >= 11 is 0. The molecule has 0 radical (unpaired) electrons. The molecule has 1 aliphatic rings. The molecule has 0 bridgehead atoms. The maximum Gasteiger partial charge on any atom is 0.258 e. The molecule has 0 unspecified atom stereocenters. The number of nitrogens with zero attached hydrogens (tertiary/aromatic N) is 2. The van der Waals surface area contributed by atoms with Crippen molar-refractivity contribution in [1.82, 2.24) is 4.90 Å². The average Bonchev–Trinajstić information content (AvgIpc) is 3.22. The molecule has 0 aliphatic carbocycles. The SMILES string of the molecule is CCOc1cc2c(cc1OCC)/C(=C(/Nc1ccc(N(CCN(C)C)S(C)(=O)=O)cc1)c1ccccc1)C(=O)N2. The van der Waals surface area contributed by atoms with Crippen molar-refractivity contribution in [1.29, 1.82) is 0 Å². The van der Waals surface area contributed by atoms with Crippen LogP contribution in [0.5, 0.6) is 11.5 Å². The maximum absolute atomic E-state index is 13.4. The molecule has 9 nitrogen and oxygen atoms in total. The zero-order valence-electron chi connectivity index (χ0n) is 23.5. The molecule has 10 heteroatoms. The second-order valence-corrected chi connectivity index (χ2v) is 11.5. The van der Waals surface area contributed by atoms with E-state index in [-0.39, 0.29) is 5.91 Å². The molecule has 3 aromatic carbocycles. The monoisotopic (exact) mass is 564 g/mol. The van der Waals surface area contributed by atoms with Gasteiger partial charge in [-0.25, -0.2) is 8.42 Å². The molecule has 212 valence electrons. The van der Waals surface area contributed by atoms with Gasteiger partial charge in [0.05, 0.1) is 42.1 Å². The summed E-state index contributed by atoms with van der Waals surface area (Å²) < 4.78 is 37.9. The summed E-state index contributed by atoms with van der Waals surface area (Å²) in [6.45, 7) is 5.63. The van der Waals surface area contributed by atoms with E-state index in [2.05, 4.69) is 10.6 Å². The highest BCUT2D eigenvalue weighted by Crippen LogP contribution is 2.43. The third-order valence-electron chi connectivity index (χ3n) is 6.32. The Kier molecular flexibility index (Phi) is 9.01. The van der Waals surface area contributed by atoms with E-state index in [9.17, 15) is 13.2 Å². The molecule has 3 aromatic rings. The van der Waals surface area contributed by atoms with Crippen molar-refractivity contribution in [2.75, 3.05) is 61.6 Å². The summed E-state index contributed by atoms with van der Waals surface area (Å²) in [5.74, 6) is 0.882. The van der Waals surface area contributed by atoms with Crippen molar-refractivity contribution in [3.63, 3.8) is 0 Å². The number of carbonyl (C=O) groups is 1. The molecule has 0 atom stereocenters. The summed E-state index contributed by atoms with van der Waals surface area (Å²) in [4.78, 5) is 15.3. The van der Waals surface area contributed by atoms with E-state index < -0.39 is 10.0 Å². The second kappa shape index (κ2) is 12.4. The number of fused-ring (bicyclic) bond motifs is 1. The predicted molar refractivity (Wildman–Crippen MR) is 161 cm³/mol. The number of hydrogen-bond acceptors (Lipinski definition) is 7. The summed E-state index contributed by atoms with van der Waals surface area (Å²) in [6, 6.07) is 20.4. The van der Waals surface area contributed by atoms with Crippen LogP contribution in [0.4, 0.5) is 17.1 Å². The zero-order chi connectivity index (χ0) is 28.9. The first-order valence-electron chi connectivity index (χ1n) is 13.2. The van der Waals surface area contributed by atoms with Crippen molar-refractivity contribution < 1.29 is 22.7 Å². The van der Waals surface area contributed by atoms with Crippen LogP contribution in [0, 0.1) is 0 Å². The fourth-order valence-corrected chi connectivity index (χ4v) is 5.40. The fraction of sp³-hybridized carbons (Fsp3) is 0.300. The molecule has 1 heterocycles. The number of sulfonamides is 1. The van der Waals surface area contributed by atoms with E-state index in [1.807, 2.05) is 81.4 Å². The number of rotatable bonds is 12. The standard InChI is InChI=1S/C30H36N4O5S/c1-6-38-26-19-24-25(20-27(26)39-7-2)32-30(35)28(24)29(21-11-9-8-10-12-21)31-22-13-15-23(16-14-22)34(40(5,36)37)18-17-33(3)4/h8-16,19-20,31H,6-7,17-18H2,1-5H3,(H,32,35)/b29-28-. The van der Waals surface area contributed by atoms with Crippen molar-refractivity contribution >= 4 is 44.3 Å². The summed E-state index contributed by atoms with van der Waals surface area (Å²) in [6.07, 6.45) is 1.20. The van der Waals surface area contributed by atoms with Crippen LogP contribution in [-0.2, 0) is 14.8 Å². The minimum absolute atomic E-state index is 0.249. The van der Waals surface area contributed by atoms with Gasteiger partial charge in [0.1, 0.15) is 0 Å². The van der Waals surface area contributed by atoms with Crippen LogP contribution in [0.1, 0.15) is 25.0 Å². The number of carbonyl (C=O) groups excluding carboxylic acids is 1. The van der Waals surface area contributed by atoms with E-state index in [1.165, 1.54) is 10.6 Å². The first kappa shape index (κ1) is 29.0. The smallest absolute Gasteiger partial charge is 0.258 e. The lowest BCUT2D eigenvalue weighted by Crippen LogP contribution is -2.35. The molecule has 0 saturated heterocycles. The lowest BCUT2D eigenvalue weighted by atomic mass is 9.99. The number of ether oxygens (including phenoxy) is 2. The van der Waals surface area contributed by atoms with Gasteiger partial charge in [-0.05, 0) is 63.8 Å². The van der Waals surface area contributed by atoms with Gasteiger partial charge in [-0.3, -0.25) is 9.10 Å². The molecule has 0 aromatic heterocycles. The Morgan fingerprint density at radius 2 is 1.52 bits per heavy atom. The molecule has 1 amide bonds. The highest BCUT2D eigenvalue weighted by Gasteiger charge is 2.30. The van der Waals surface area contributed by atoms with Gasteiger partial charge in [-0.15, -0.1) is 0 Å². The highest BCUT2D eigenvalue weighted by molar-refractivity contribution is 7.92. The first-order chi connectivity index (χ1) is 19.1. The van der Waals surface area contributed by atoms with Gasteiger partial charge >= 0.3 is 0 Å². The van der Waals surface area contributed by atoms with Gasteiger partial charge in [0.15, 0.2) is 11.5 Å². The summed E-state index contributed by atoms with van der Waals surface area (Å²) in [7, 11) is 0.341. The summed E-state index contributed by atoms with van der Waals surface area (Å²) in [5.41, 5.74) is 4.52. The van der Waals surface area contributed by atoms with Crippen molar-refractivity contribution in [2.24, 2.45) is 0 Å². The summed E-state index contributed by atoms with van der Waals surface area (Å²) in [5, 5.41) is 6.39. The molecule has 0 spiro atoms. The third kappa shape index (κ3) is 6.57. The minimum atomic E-state index is -3.46. The normalized spacial score (nSPS) is 14.0. The van der Waals surface area contributed by atoms with Gasteiger partial charge in [0.2, 0.25) is 10.0 Å². The quantitative estimate of drug-likeness (QED) is 0.307. The number of hydrogen-bond donors (Lipinski definition) is 2. The molecule has 0 fully saturated rings. The number of likely N-dealkylation sites (N-methyl/N-ethyl adjacent to an activating group) is 1. The predicted octanol–water partition coefficient (Wildman–Crippen LogP) is 4.74. The van der Waals surface area contributed by atoms with Crippen LogP contribution in [0.15, 0.2) is 66.7 Å². The molecule has 4 rings (SSSR count). The largest absolute Gasteiger partial charge is 0.490 e. The Morgan fingerprint density at radius 1 is 0.900 bits per heavy atom.